The van der Waals surface area contributed by atoms with Crippen LogP contribution in [0.25, 0.3) is 11.3 Å². The van der Waals surface area contributed by atoms with E-state index in [9.17, 15) is 9.18 Å². The maximum Gasteiger partial charge on any atom is 0.254 e. The first kappa shape index (κ1) is 11.5. The summed E-state index contributed by atoms with van der Waals surface area (Å²) >= 11 is 0. The minimum atomic E-state index is -0.365. The molecule has 0 unspecified atom stereocenters. The first-order valence-corrected chi connectivity index (χ1v) is 5.48. The van der Waals surface area contributed by atoms with Gasteiger partial charge in [-0.05, 0) is 19.1 Å². The molecule has 17 heavy (non-hydrogen) atoms. The van der Waals surface area contributed by atoms with Gasteiger partial charge in [-0.2, -0.15) is 0 Å². The van der Waals surface area contributed by atoms with E-state index in [1.165, 1.54) is 6.07 Å². The summed E-state index contributed by atoms with van der Waals surface area (Å²) < 4.78 is 13.7. The van der Waals surface area contributed by atoms with Crippen LogP contribution in [0.1, 0.15) is 18.3 Å². The highest BCUT2D eigenvalue weighted by atomic mass is 19.1. The zero-order chi connectivity index (χ0) is 12.4. The number of nitrogens with one attached hydrogen (secondary N) is 1. The average Bonchev–Trinajstić information content (AvgIpc) is 2.33. The van der Waals surface area contributed by atoms with Crippen molar-refractivity contribution in [3.63, 3.8) is 0 Å². The molecule has 0 amide bonds. The van der Waals surface area contributed by atoms with Crippen molar-refractivity contribution in [2.45, 2.75) is 20.3 Å². The molecule has 1 heterocycles. The number of hydrogen-bond acceptors (Lipinski definition) is 2. The number of H-pyrrole nitrogens is 1. The van der Waals surface area contributed by atoms with Gasteiger partial charge in [-0.25, -0.2) is 9.37 Å². The fraction of sp³-hybridized carbons (Fsp3) is 0.231. The lowest BCUT2D eigenvalue weighted by molar-refractivity contribution is 0.630. The molecule has 0 aliphatic rings. The fourth-order valence-electron chi connectivity index (χ4n) is 1.66. The number of aromatic amines is 1. The third kappa shape index (κ3) is 2.11. The minimum Gasteiger partial charge on any atom is -0.310 e. The number of halogens is 1. The normalized spacial score (nSPS) is 10.5. The van der Waals surface area contributed by atoms with E-state index in [4.69, 9.17) is 0 Å². The van der Waals surface area contributed by atoms with Crippen molar-refractivity contribution < 1.29 is 4.39 Å². The fourth-order valence-corrected chi connectivity index (χ4v) is 1.66. The SMILES string of the molecule is CCc1nc(-c2ccccc2F)c(C)c(=O)[nH]1. The maximum atomic E-state index is 13.7. The van der Waals surface area contributed by atoms with E-state index in [0.717, 1.165) is 0 Å². The standard InChI is InChI=1S/C13H13FN2O/c1-3-11-15-12(8(2)13(17)16-11)9-6-4-5-7-10(9)14/h4-7H,3H2,1-2H3,(H,15,16,17). The van der Waals surface area contributed by atoms with Gasteiger partial charge in [0, 0.05) is 17.5 Å². The molecule has 2 rings (SSSR count). The molecule has 0 fully saturated rings. The van der Waals surface area contributed by atoms with Crippen LogP contribution in [-0.4, -0.2) is 9.97 Å². The van der Waals surface area contributed by atoms with E-state index < -0.39 is 0 Å². The first-order valence-electron chi connectivity index (χ1n) is 5.48. The third-order valence-corrected chi connectivity index (χ3v) is 2.66. The van der Waals surface area contributed by atoms with Crippen LogP contribution in [-0.2, 0) is 6.42 Å². The average molecular weight is 232 g/mol. The van der Waals surface area contributed by atoms with Crippen molar-refractivity contribution in [2.75, 3.05) is 0 Å². The number of aryl methyl sites for hydroxylation is 1. The predicted molar refractivity (Wildman–Crippen MR) is 64.4 cm³/mol. The van der Waals surface area contributed by atoms with E-state index in [1.54, 1.807) is 25.1 Å². The van der Waals surface area contributed by atoms with Crippen molar-refractivity contribution in [3.8, 4) is 11.3 Å². The highest BCUT2D eigenvalue weighted by Crippen LogP contribution is 2.21. The Labute approximate surface area is 98.3 Å². The van der Waals surface area contributed by atoms with Crippen molar-refractivity contribution in [1.29, 1.82) is 0 Å². The van der Waals surface area contributed by atoms with Crippen LogP contribution < -0.4 is 5.56 Å². The zero-order valence-corrected chi connectivity index (χ0v) is 9.75. The van der Waals surface area contributed by atoms with Gasteiger partial charge in [0.25, 0.3) is 5.56 Å². The van der Waals surface area contributed by atoms with Gasteiger partial charge < -0.3 is 4.98 Å². The molecule has 2 aromatic rings. The lowest BCUT2D eigenvalue weighted by Gasteiger charge is -2.07. The van der Waals surface area contributed by atoms with Crippen molar-refractivity contribution in [2.24, 2.45) is 0 Å². The van der Waals surface area contributed by atoms with Gasteiger partial charge in [0.15, 0.2) is 0 Å². The molecule has 0 aliphatic heterocycles. The Hall–Kier alpha value is -1.97. The van der Waals surface area contributed by atoms with Crippen LogP contribution in [0.3, 0.4) is 0 Å². The Morgan fingerprint density at radius 2 is 2.06 bits per heavy atom. The molecule has 0 atom stereocenters. The van der Waals surface area contributed by atoms with Crippen LogP contribution in [0.2, 0.25) is 0 Å². The van der Waals surface area contributed by atoms with Crippen molar-refractivity contribution >= 4 is 0 Å². The van der Waals surface area contributed by atoms with Crippen LogP contribution in [0, 0.1) is 12.7 Å². The summed E-state index contributed by atoms with van der Waals surface area (Å²) in [7, 11) is 0. The Morgan fingerprint density at radius 3 is 2.71 bits per heavy atom. The predicted octanol–water partition coefficient (Wildman–Crippen LogP) is 2.45. The van der Waals surface area contributed by atoms with Crippen molar-refractivity contribution in [1.82, 2.24) is 9.97 Å². The highest BCUT2D eigenvalue weighted by molar-refractivity contribution is 5.62. The summed E-state index contributed by atoms with van der Waals surface area (Å²) in [4.78, 5) is 18.6. The summed E-state index contributed by atoms with van der Waals surface area (Å²) in [5.41, 5.74) is 1.01. The number of rotatable bonds is 2. The van der Waals surface area contributed by atoms with Gasteiger partial charge in [0.05, 0.1) is 5.69 Å². The molecule has 88 valence electrons. The van der Waals surface area contributed by atoms with Crippen LogP contribution >= 0.6 is 0 Å². The van der Waals surface area contributed by atoms with Gasteiger partial charge in [-0.15, -0.1) is 0 Å². The van der Waals surface area contributed by atoms with E-state index >= 15 is 0 Å². The van der Waals surface area contributed by atoms with Gasteiger partial charge in [-0.1, -0.05) is 19.1 Å². The summed E-state index contributed by atoms with van der Waals surface area (Å²) in [6.45, 7) is 3.53. The summed E-state index contributed by atoms with van der Waals surface area (Å²) in [5, 5.41) is 0. The molecule has 0 aliphatic carbocycles. The smallest absolute Gasteiger partial charge is 0.254 e. The zero-order valence-electron chi connectivity index (χ0n) is 9.75. The van der Waals surface area contributed by atoms with Crippen LogP contribution in [0.5, 0.6) is 0 Å². The van der Waals surface area contributed by atoms with Gasteiger partial charge >= 0.3 is 0 Å². The largest absolute Gasteiger partial charge is 0.310 e. The Balaban J connectivity index is 2.71. The highest BCUT2D eigenvalue weighted by Gasteiger charge is 2.12. The molecule has 0 bridgehead atoms. The van der Waals surface area contributed by atoms with E-state index in [2.05, 4.69) is 9.97 Å². The van der Waals surface area contributed by atoms with Gasteiger partial charge in [0.2, 0.25) is 0 Å². The van der Waals surface area contributed by atoms with Crippen molar-refractivity contribution in [3.05, 3.63) is 51.8 Å². The van der Waals surface area contributed by atoms with E-state index in [-0.39, 0.29) is 11.4 Å². The number of aromatic nitrogens is 2. The first-order chi connectivity index (χ1) is 8.13. The lowest BCUT2D eigenvalue weighted by atomic mass is 10.1. The summed E-state index contributed by atoms with van der Waals surface area (Å²) in [5.74, 6) is 0.203. The Bertz CT molecular complexity index is 605. The Kier molecular flexibility index (Phi) is 3.04. The molecule has 0 radical (unpaired) electrons. The maximum absolute atomic E-state index is 13.7. The quantitative estimate of drug-likeness (QED) is 0.864. The second-order valence-electron chi connectivity index (χ2n) is 3.82. The topological polar surface area (TPSA) is 45.8 Å². The van der Waals surface area contributed by atoms with Crippen LogP contribution in [0.4, 0.5) is 4.39 Å². The number of benzene rings is 1. The van der Waals surface area contributed by atoms with Crippen LogP contribution in [0.15, 0.2) is 29.1 Å². The molecule has 1 N–H and O–H groups in total. The third-order valence-electron chi connectivity index (χ3n) is 2.66. The number of hydrogen-bond donors (Lipinski definition) is 1. The minimum absolute atomic E-state index is 0.213. The van der Waals surface area contributed by atoms with Gasteiger partial charge in [0.1, 0.15) is 11.6 Å². The second kappa shape index (κ2) is 4.49. The molecular formula is C13H13FN2O. The van der Waals surface area contributed by atoms with Gasteiger partial charge in [-0.3, -0.25) is 4.79 Å². The summed E-state index contributed by atoms with van der Waals surface area (Å²) in [6.07, 6.45) is 0.608. The molecule has 0 saturated heterocycles. The molecule has 3 nitrogen and oxygen atoms in total. The second-order valence-corrected chi connectivity index (χ2v) is 3.82. The molecule has 0 saturated carbocycles. The molecule has 1 aromatic heterocycles. The number of nitrogens with zero attached hydrogens (tertiary/aromatic N) is 1. The summed E-state index contributed by atoms with van der Waals surface area (Å²) in [6, 6.07) is 6.33. The van der Waals surface area contributed by atoms with E-state index in [0.29, 0.717) is 29.1 Å². The molecular weight excluding hydrogens is 219 g/mol. The Morgan fingerprint density at radius 1 is 1.35 bits per heavy atom. The molecule has 4 heteroatoms. The van der Waals surface area contributed by atoms with E-state index in [1.807, 2.05) is 6.92 Å². The molecule has 0 spiro atoms. The monoisotopic (exact) mass is 232 g/mol. The lowest BCUT2D eigenvalue weighted by Crippen LogP contribution is -2.16. The molecule has 1 aromatic carbocycles.